The Kier molecular flexibility index (Phi) is 6.19. The molecule has 0 saturated carbocycles. The number of aliphatic hydroxyl groups excluding tert-OH is 1. The maximum Gasteiger partial charge on any atom is 0.408 e. The van der Waals surface area contributed by atoms with Crippen molar-refractivity contribution in [2.75, 3.05) is 25.2 Å². The molecule has 3 atom stereocenters. The van der Waals surface area contributed by atoms with E-state index >= 15 is 4.39 Å². The van der Waals surface area contributed by atoms with Crippen molar-refractivity contribution in [3.05, 3.63) is 28.8 Å². The summed E-state index contributed by atoms with van der Waals surface area (Å²) in [4.78, 5) is 25.5. The van der Waals surface area contributed by atoms with Gasteiger partial charge in [0.05, 0.1) is 43.2 Å². The molecule has 2 N–H and O–H groups in total. The third kappa shape index (κ3) is 4.20. The zero-order valence-electron chi connectivity index (χ0n) is 17.3. The summed E-state index contributed by atoms with van der Waals surface area (Å²) in [6.45, 7) is 4.89. The summed E-state index contributed by atoms with van der Waals surface area (Å²) < 4.78 is 45.4. The van der Waals surface area contributed by atoms with Gasteiger partial charge >= 0.3 is 12.1 Å². The fourth-order valence-electron chi connectivity index (χ4n) is 4.00. The lowest BCUT2D eigenvalue weighted by molar-refractivity contribution is 0.0409. The van der Waals surface area contributed by atoms with E-state index in [-0.39, 0.29) is 23.8 Å². The van der Waals surface area contributed by atoms with Crippen molar-refractivity contribution >= 4 is 17.7 Å². The van der Waals surface area contributed by atoms with Crippen LogP contribution in [0.5, 0.6) is 0 Å². The van der Waals surface area contributed by atoms with Gasteiger partial charge in [0.1, 0.15) is 17.2 Å². The molecule has 3 rings (SSSR count). The molecule has 8 nitrogen and oxygen atoms in total. The number of halogens is 2. The number of hydrogen-bond acceptors (Lipinski definition) is 7. The van der Waals surface area contributed by atoms with Crippen LogP contribution in [0.1, 0.15) is 43.1 Å². The lowest BCUT2D eigenvalue weighted by atomic mass is 10.0. The first kappa shape index (κ1) is 22.2. The highest BCUT2D eigenvalue weighted by atomic mass is 19.1. The van der Waals surface area contributed by atoms with E-state index in [0.29, 0.717) is 13.0 Å². The largest absolute Gasteiger partial charge is 0.465 e. The van der Waals surface area contributed by atoms with Gasteiger partial charge in [0.25, 0.3) is 0 Å². The second-order valence-corrected chi connectivity index (χ2v) is 8.29. The van der Waals surface area contributed by atoms with Crippen molar-refractivity contribution < 1.29 is 37.7 Å². The van der Waals surface area contributed by atoms with Gasteiger partial charge in [-0.1, -0.05) is 0 Å². The molecule has 2 fully saturated rings. The van der Waals surface area contributed by atoms with Crippen LogP contribution in [-0.4, -0.2) is 61.2 Å². The first-order chi connectivity index (χ1) is 14.1. The summed E-state index contributed by atoms with van der Waals surface area (Å²) in [6, 6.07) is -0.107. The molecule has 0 unspecified atom stereocenters. The van der Waals surface area contributed by atoms with Crippen LogP contribution in [0.15, 0.2) is 6.07 Å². The van der Waals surface area contributed by atoms with Crippen LogP contribution in [0.2, 0.25) is 0 Å². The van der Waals surface area contributed by atoms with Gasteiger partial charge in [-0.05, 0) is 33.3 Å². The Morgan fingerprint density at radius 3 is 2.67 bits per heavy atom. The number of amides is 1. The minimum atomic E-state index is -1.04. The van der Waals surface area contributed by atoms with Gasteiger partial charge in [0.15, 0.2) is 0 Å². The Bertz CT molecular complexity index is 842. The van der Waals surface area contributed by atoms with E-state index in [2.05, 4.69) is 10.1 Å². The normalized spacial score (nSPS) is 23.3. The molecule has 0 radical (unpaired) electrons. The number of nitrogens with one attached hydrogen (secondary N) is 1. The third-order valence-electron chi connectivity index (χ3n) is 5.13. The van der Waals surface area contributed by atoms with Crippen molar-refractivity contribution in [1.29, 1.82) is 0 Å². The standard InChI is InChI=1S/C20H26F2N2O6/c1-20(2,3)30-19(27)23-13-8-24(14-5-6-29-17(13)14)16-11(9-25)15(22)10(7-12(16)21)18(26)28-4/h7,13-14,17,25H,5-6,8-9H2,1-4H3,(H,23,27)/t13-,14+,17+/m0/s1. The van der Waals surface area contributed by atoms with Crippen LogP contribution in [0, 0.1) is 11.6 Å². The highest BCUT2D eigenvalue weighted by molar-refractivity contribution is 5.91. The zero-order chi connectivity index (χ0) is 22.2. The highest BCUT2D eigenvalue weighted by Gasteiger charge is 2.48. The number of ether oxygens (including phenoxy) is 3. The maximum absolute atomic E-state index is 15.0. The fourth-order valence-corrected chi connectivity index (χ4v) is 4.00. The van der Waals surface area contributed by atoms with Crippen molar-refractivity contribution in [2.45, 2.75) is 57.6 Å². The first-order valence-electron chi connectivity index (χ1n) is 9.65. The van der Waals surface area contributed by atoms with Crippen molar-refractivity contribution in [2.24, 2.45) is 0 Å². The van der Waals surface area contributed by atoms with Crippen molar-refractivity contribution in [3.63, 3.8) is 0 Å². The van der Waals surface area contributed by atoms with Gasteiger partial charge in [-0.15, -0.1) is 0 Å². The maximum atomic E-state index is 15.0. The lowest BCUT2D eigenvalue weighted by Crippen LogP contribution is -2.45. The molecule has 0 aromatic heterocycles. The smallest absolute Gasteiger partial charge is 0.408 e. The fraction of sp³-hybridized carbons (Fsp3) is 0.600. The Labute approximate surface area is 173 Å². The molecule has 166 valence electrons. The predicted molar refractivity (Wildman–Crippen MR) is 102 cm³/mol. The van der Waals surface area contributed by atoms with Gasteiger partial charge < -0.3 is 29.5 Å². The van der Waals surface area contributed by atoms with E-state index in [1.165, 1.54) is 0 Å². The summed E-state index contributed by atoms with van der Waals surface area (Å²) >= 11 is 0. The minimum absolute atomic E-state index is 0.121. The molecular formula is C20H26F2N2O6. The molecule has 0 spiro atoms. The molecule has 0 bridgehead atoms. The monoisotopic (exact) mass is 428 g/mol. The van der Waals surface area contributed by atoms with E-state index in [1.807, 2.05) is 0 Å². The quantitative estimate of drug-likeness (QED) is 0.709. The first-order valence-corrected chi connectivity index (χ1v) is 9.65. The molecule has 2 aliphatic heterocycles. The number of anilines is 1. The number of carbonyl (C=O) groups excluding carboxylic acids is 2. The third-order valence-corrected chi connectivity index (χ3v) is 5.13. The van der Waals surface area contributed by atoms with Gasteiger partial charge in [-0.3, -0.25) is 0 Å². The molecule has 2 aliphatic rings. The van der Waals surface area contributed by atoms with Crippen LogP contribution in [0.25, 0.3) is 0 Å². The number of nitrogens with zero attached hydrogens (tertiary/aromatic N) is 1. The lowest BCUT2D eigenvalue weighted by Gasteiger charge is -2.28. The second kappa shape index (κ2) is 8.35. The summed E-state index contributed by atoms with van der Waals surface area (Å²) in [5, 5.41) is 12.5. The van der Waals surface area contributed by atoms with Crippen molar-refractivity contribution in [3.8, 4) is 0 Å². The Morgan fingerprint density at radius 1 is 1.37 bits per heavy atom. The topological polar surface area (TPSA) is 97.3 Å². The van der Waals surface area contributed by atoms with Gasteiger partial charge in [-0.2, -0.15) is 0 Å². The number of methoxy groups -OCH3 is 1. The molecule has 1 aromatic carbocycles. The van der Waals surface area contributed by atoms with E-state index < -0.39 is 53.6 Å². The predicted octanol–water partition coefficient (Wildman–Crippen LogP) is 2.11. The number of rotatable bonds is 4. The highest BCUT2D eigenvalue weighted by Crippen LogP contribution is 2.38. The molecule has 1 aromatic rings. The Hall–Kier alpha value is -2.46. The van der Waals surface area contributed by atoms with Crippen molar-refractivity contribution in [1.82, 2.24) is 5.32 Å². The SMILES string of the molecule is COC(=O)c1cc(F)c(N2C[C@H](NC(=O)OC(C)(C)C)[C@H]3OCC[C@H]32)c(CO)c1F. The number of benzene rings is 1. The average molecular weight is 428 g/mol. The van der Waals surface area contributed by atoms with Gasteiger partial charge in [-0.25, -0.2) is 18.4 Å². The Morgan fingerprint density at radius 2 is 2.07 bits per heavy atom. The molecule has 2 heterocycles. The van der Waals surface area contributed by atoms with Crippen LogP contribution in [-0.2, 0) is 20.8 Å². The average Bonchev–Trinajstić information content (AvgIpc) is 3.25. The van der Waals surface area contributed by atoms with Gasteiger partial charge in [0.2, 0.25) is 0 Å². The van der Waals surface area contributed by atoms with E-state index in [0.717, 1.165) is 13.2 Å². The van der Waals surface area contributed by atoms with Crippen LogP contribution < -0.4 is 10.2 Å². The summed E-state index contributed by atoms with van der Waals surface area (Å²) in [6.07, 6.45) is -0.563. The summed E-state index contributed by atoms with van der Waals surface area (Å²) in [5.74, 6) is -2.95. The molecular weight excluding hydrogens is 402 g/mol. The number of carbonyl (C=O) groups is 2. The number of aliphatic hydroxyl groups is 1. The number of hydrogen-bond donors (Lipinski definition) is 2. The molecule has 0 aliphatic carbocycles. The number of esters is 1. The molecule has 10 heteroatoms. The van der Waals surface area contributed by atoms with Crippen LogP contribution >= 0.6 is 0 Å². The number of fused-ring (bicyclic) bond motifs is 1. The van der Waals surface area contributed by atoms with Crippen LogP contribution in [0.4, 0.5) is 19.3 Å². The molecule has 1 amide bonds. The van der Waals surface area contributed by atoms with Gasteiger partial charge in [0, 0.05) is 18.7 Å². The summed E-state index contributed by atoms with van der Waals surface area (Å²) in [5.41, 5.74) is -1.79. The molecule has 30 heavy (non-hydrogen) atoms. The van der Waals surface area contributed by atoms with Crippen LogP contribution in [0.3, 0.4) is 0 Å². The zero-order valence-corrected chi connectivity index (χ0v) is 17.3. The van der Waals surface area contributed by atoms with E-state index in [4.69, 9.17) is 9.47 Å². The minimum Gasteiger partial charge on any atom is -0.465 e. The van der Waals surface area contributed by atoms with E-state index in [9.17, 15) is 19.1 Å². The van der Waals surface area contributed by atoms with E-state index in [1.54, 1.807) is 25.7 Å². The number of alkyl carbamates (subject to hydrolysis) is 1. The second-order valence-electron chi connectivity index (χ2n) is 8.29. The summed E-state index contributed by atoms with van der Waals surface area (Å²) in [7, 11) is 1.06. The molecule has 2 saturated heterocycles. The Balaban J connectivity index is 1.93.